The molecule has 3 aromatic carbocycles. The van der Waals surface area contributed by atoms with Gasteiger partial charge in [0, 0.05) is 26.2 Å². The molecule has 1 heterocycles. The van der Waals surface area contributed by atoms with E-state index in [9.17, 15) is 9.18 Å². The number of aryl methyl sites for hydroxylation is 1. The molecule has 1 fully saturated rings. The minimum atomic E-state index is -0.187. The van der Waals surface area contributed by atoms with Crippen molar-refractivity contribution in [3.05, 3.63) is 106 Å². The van der Waals surface area contributed by atoms with Crippen molar-refractivity contribution in [2.24, 2.45) is 0 Å². The Hall–Kier alpha value is -3.18. The molecule has 0 atom stereocenters. The van der Waals surface area contributed by atoms with E-state index in [0.29, 0.717) is 25.6 Å². The topological polar surface area (TPSA) is 35.6 Å². The third-order valence-corrected chi connectivity index (χ3v) is 6.87. The number of hydrogen-bond donors (Lipinski definition) is 1. The van der Waals surface area contributed by atoms with Gasteiger partial charge in [0.15, 0.2) is 0 Å². The lowest BCUT2D eigenvalue weighted by molar-refractivity contribution is 0.191. The number of likely N-dealkylation sites (tertiary alicyclic amines) is 1. The van der Waals surface area contributed by atoms with Crippen LogP contribution in [0.15, 0.2) is 72.8 Å². The molecular formula is C30H36FN3O. The number of nitrogens with zero attached hydrogens (tertiary/aromatic N) is 2. The number of benzene rings is 3. The highest BCUT2D eigenvalue weighted by molar-refractivity contribution is 5.74. The van der Waals surface area contributed by atoms with Gasteiger partial charge < -0.3 is 10.2 Å². The van der Waals surface area contributed by atoms with Gasteiger partial charge in [-0.15, -0.1) is 0 Å². The molecule has 2 amide bonds. The van der Waals surface area contributed by atoms with Crippen molar-refractivity contribution in [2.45, 2.75) is 52.2 Å². The molecule has 0 aliphatic carbocycles. The number of hydrogen-bond acceptors (Lipinski definition) is 2. The van der Waals surface area contributed by atoms with Crippen LogP contribution in [0, 0.1) is 12.7 Å². The molecule has 0 radical (unpaired) electrons. The second kappa shape index (κ2) is 12.0. The lowest BCUT2D eigenvalue weighted by Gasteiger charge is -2.33. The first-order chi connectivity index (χ1) is 17.0. The first-order valence-electron chi connectivity index (χ1n) is 12.6. The summed E-state index contributed by atoms with van der Waals surface area (Å²) in [6.07, 6.45) is 2.16. The maximum Gasteiger partial charge on any atom is 0.317 e. The van der Waals surface area contributed by atoms with Crippen LogP contribution in [-0.2, 0) is 19.6 Å². The number of amides is 2. The summed E-state index contributed by atoms with van der Waals surface area (Å²) in [5, 5.41) is 2.99. The van der Waals surface area contributed by atoms with E-state index in [-0.39, 0.29) is 11.8 Å². The minimum Gasteiger partial charge on any atom is -0.338 e. The maximum absolute atomic E-state index is 13.2. The zero-order valence-corrected chi connectivity index (χ0v) is 20.8. The van der Waals surface area contributed by atoms with E-state index in [2.05, 4.69) is 65.7 Å². The van der Waals surface area contributed by atoms with E-state index in [1.54, 1.807) is 0 Å². The van der Waals surface area contributed by atoms with Gasteiger partial charge in [-0.3, -0.25) is 4.90 Å². The summed E-state index contributed by atoms with van der Waals surface area (Å²) < 4.78 is 13.2. The third kappa shape index (κ3) is 6.92. The van der Waals surface area contributed by atoms with Gasteiger partial charge in [0.25, 0.3) is 0 Å². The van der Waals surface area contributed by atoms with Gasteiger partial charge in [0.05, 0.1) is 0 Å². The van der Waals surface area contributed by atoms with Crippen molar-refractivity contribution in [2.75, 3.05) is 19.6 Å². The number of carbonyl (C=O) groups is 1. The zero-order valence-electron chi connectivity index (χ0n) is 20.8. The number of nitrogens with one attached hydrogen (secondary N) is 1. The van der Waals surface area contributed by atoms with Gasteiger partial charge in [-0.1, -0.05) is 66.2 Å². The molecule has 4 nitrogen and oxygen atoms in total. The first-order valence-corrected chi connectivity index (χ1v) is 12.6. The molecule has 4 rings (SSSR count). The van der Waals surface area contributed by atoms with Gasteiger partial charge in [-0.2, -0.15) is 0 Å². The van der Waals surface area contributed by atoms with Crippen LogP contribution in [0.25, 0.3) is 0 Å². The highest BCUT2D eigenvalue weighted by atomic mass is 19.1. The van der Waals surface area contributed by atoms with Crippen LogP contribution < -0.4 is 5.32 Å². The van der Waals surface area contributed by atoms with Crippen molar-refractivity contribution in [1.82, 2.24) is 15.1 Å². The van der Waals surface area contributed by atoms with Crippen molar-refractivity contribution in [1.29, 1.82) is 0 Å². The number of urea groups is 1. The molecule has 3 aromatic rings. The molecule has 0 saturated carbocycles. The Morgan fingerprint density at radius 3 is 2.29 bits per heavy atom. The van der Waals surface area contributed by atoms with Gasteiger partial charge in [0.1, 0.15) is 5.82 Å². The second-order valence-corrected chi connectivity index (χ2v) is 9.55. The average molecular weight is 474 g/mol. The Labute approximate surface area is 208 Å². The van der Waals surface area contributed by atoms with Gasteiger partial charge in [-0.05, 0) is 80.1 Å². The predicted molar refractivity (Wildman–Crippen MR) is 140 cm³/mol. The van der Waals surface area contributed by atoms with Crippen LogP contribution in [-0.4, -0.2) is 35.5 Å². The lowest BCUT2D eigenvalue weighted by Crippen LogP contribution is -2.39. The van der Waals surface area contributed by atoms with Crippen molar-refractivity contribution in [3.63, 3.8) is 0 Å². The Morgan fingerprint density at radius 2 is 1.60 bits per heavy atom. The van der Waals surface area contributed by atoms with Gasteiger partial charge in [-0.25, -0.2) is 9.18 Å². The highest BCUT2D eigenvalue weighted by Crippen LogP contribution is 2.32. The summed E-state index contributed by atoms with van der Waals surface area (Å²) in [5.74, 6) is 0.291. The molecule has 1 aliphatic heterocycles. The summed E-state index contributed by atoms with van der Waals surface area (Å²) in [6.45, 7) is 8.69. The Bertz CT molecular complexity index is 1090. The lowest BCUT2D eigenvalue weighted by atomic mass is 9.86. The Kier molecular flexibility index (Phi) is 8.54. The monoisotopic (exact) mass is 473 g/mol. The molecule has 0 unspecified atom stereocenters. The summed E-state index contributed by atoms with van der Waals surface area (Å²) >= 11 is 0. The molecule has 184 valence electrons. The highest BCUT2D eigenvalue weighted by Gasteiger charge is 2.24. The van der Waals surface area contributed by atoms with Crippen LogP contribution in [0.3, 0.4) is 0 Å². The summed E-state index contributed by atoms with van der Waals surface area (Å²) in [6, 6.07) is 23.8. The van der Waals surface area contributed by atoms with E-state index < -0.39 is 0 Å². The molecular weight excluding hydrogens is 437 g/mol. The average Bonchev–Trinajstić information content (AvgIpc) is 2.87. The molecule has 5 heteroatoms. The molecule has 0 aromatic heterocycles. The molecule has 0 spiro atoms. The van der Waals surface area contributed by atoms with Crippen LogP contribution in [0.2, 0.25) is 0 Å². The Balaban J connectivity index is 1.43. The smallest absolute Gasteiger partial charge is 0.317 e. The fraction of sp³-hybridized carbons (Fsp3) is 0.367. The number of carbonyl (C=O) groups excluding carboxylic acids is 1. The van der Waals surface area contributed by atoms with Crippen molar-refractivity contribution >= 4 is 6.03 Å². The number of halogens is 1. The van der Waals surface area contributed by atoms with Gasteiger partial charge >= 0.3 is 6.03 Å². The molecule has 1 saturated heterocycles. The van der Waals surface area contributed by atoms with Crippen LogP contribution in [0.1, 0.15) is 53.5 Å². The normalized spacial score (nSPS) is 14.6. The van der Waals surface area contributed by atoms with Crippen LogP contribution >= 0.6 is 0 Å². The number of piperidine rings is 1. The fourth-order valence-corrected chi connectivity index (χ4v) is 4.91. The molecule has 35 heavy (non-hydrogen) atoms. The summed E-state index contributed by atoms with van der Waals surface area (Å²) in [5.41, 5.74) is 6.08. The van der Waals surface area contributed by atoms with E-state index in [1.165, 1.54) is 28.8 Å². The van der Waals surface area contributed by atoms with Crippen molar-refractivity contribution < 1.29 is 9.18 Å². The van der Waals surface area contributed by atoms with E-state index in [1.807, 2.05) is 24.0 Å². The second-order valence-electron chi connectivity index (χ2n) is 9.55. The molecule has 1 N–H and O–H groups in total. The first kappa shape index (κ1) is 24.9. The summed E-state index contributed by atoms with van der Waals surface area (Å²) in [7, 11) is 0. The minimum absolute atomic E-state index is 0.0306. The summed E-state index contributed by atoms with van der Waals surface area (Å²) in [4.78, 5) is 17.3. The van der Waals surface area contributed by atoms with Gasteiger partial charge in [0.2, 0.25) is 0 Å². The van der Waals surface area contributed by atoms with E-state index in [4.69, 9.17) is 0 Å². The quantitative estimate of drug-likeness (QED) is 0.420. The maximum atomic E-state index is 13.2. The van der Waals surface area contributed by atoms with E-state index >= 15 is 0 Å². The molecule has 0 bridgehead atoms. The Morgan fingerprint density at radius 1 is 0.943 bits per heavy atom. The van der Waals surface area contributed by atoms with Crippen molar-refractivity contribution in [3.8, 4) is 0 Å². The number of rotatable bonds is 8. The predicted octanol–water partition coefficient (Wildman–Crippen LogP) is 6.25. The SMILES string of the molecule is CCNC(=O)N(Cc1ccc(C)cc1)Cc1ccccc1C1CCN(Cc2ccc(F)cc2)CC1. The third-order valence-electron chi connectivity index (χ3n) is 6.87. The standard InChI is InChI=1S/C30H36FN3O/c1-3-32-30(35)34(21-25-10-8-23(2)9-11-25)22-27-6-4-5-7-29(27)26-16-18-33(19-17-26)20-24-12-14-28(31)15-13-24/h4-15,26H,3,16-22H2,1-2H3,(H,32,35). The zero-order chi connectivity index (χ0) is 24.6. The van der Waals surface area contributed by atoms with E-state index in [0.717, 1.165) is 43.6 Å². The van der Waals surface area contributed by atoms with Crippen LogP contribution in [0.4, 0.5) is 9.18 Å². The molecule has 1 aliphatic rings. The fourth-order valence-electron chi connectivity index (χ4n) is 4.91. The van der Waals surface area contributed by atoms with Crippen LogP contribution in [0.5, 0.6) is 0 Å². The largest absolute Gasteiger partial charge is 0.338 e.